The molecule has 5 aromatic rings. The van der Waals surface area contributed by atoms with Gasteiger partial charge >= 0.3 is 5.97 Å². The van der Waals surface area contributed by atoms with Crippen molar-refractivity contribution in [2.45, 2.75) is 25.6 Å². The third-order valence-electron chi connectivity index (χ3n) is 6.00. The minimum Gasteiger partial charge on any atom is -0.480 e. The Balaban J connectivity index is 1.38. The zero-order valence-corrected chi connectivity index (χ0v) is 17.7. The van der Waals surface area contributed by atoms with E-state index in [4.69, 9.17) is 0 Å². The molecule has 0 unspecified atom stereocenters. The van der Waals surface area contributed by atoms with Crippen LogP contribution in [0.2, 0.25) is 0 Å². The Kier molecular flexibility index (Phi) is 5.48. The molecule has 160 valence electrons. The molecule has 0 fully saturated rings. The van der Waals surface area contributed by atoms with Crippen molar-refractivity contribution in [3.05, 3.63) is 108 Å². The first-order valence-corrected chi connectivity index (χ1v) is 10.8. The highest BCUT2D eigenvalue weighted by atomic mass is 16.4. The molecule has 0 aliphatic carbocycles. The van der Waals surface area contributed by atoms with E-state index in [9.17, 15) is 9.90 Å². The molecule has 5 rings (SSSR count). The summed E-state index contributed by atoms with van der Waals surface area (Å²) < 4.78 is 2.23. The lowest BCUT2D eigenvalue weighted by Crippen LogP contribution is -2.38. The molecule has 1 atom stereocenters. The van der Waals surface area contributed by atoms with Crippen molar-refractivity contribution in [3.63, 3.8) is 0 Å². The number of nitrogens with zero attached hydrogens (tertiary/aromatic N) is 1. The summed E-state index contributed by atoms with van der Waals surface area (Å²) in [6.45, 7) is 1.26. The van der Waals surface area contributed by atoms with E-state index in [0.717, 1.165) is 39.5 Å². The van der Waals surface area contributed by atoms with Gasteiger partial charge in [-0.2, -0.15) is 0 Å². The fraction of sp³-hybridized carbons (Fsp3) is 0.148. The minimum atomic E-state index is -0.844. The predicted molar refractivity (Wildman–Crippen MR) is 128 cm³/mol. The van der Waals surface area contributed by atoms with Crippen LogP contribution in [0, 0.1) is 0 Å². The Morgan fingerprint density at radius 1 is 0.906 bits per heavy atom. The number of aromatic nitrogens is 2. The van der Waals surface area contributed by atoms with Crippen LogP contribution in [-0.4, -0.2) is 26.7 Å². The number of carboxylic acids is 1. The summed E-state index contributed by atoms with van der Waals surface area (Å²) in [4.78, 5) is 15.2. The summed E-state index contributed by atoms with van der Waals surface area (Å²) in [6.07, 6.45) is 4.46. The summed E-state index contributed by atoms with van der Waals surface area (Å²) in [5.41, 5.74) is 5.51. The van der Waals surface area contributed by atoms with Crippen LogP contribution in [0.25, 0.3) is 21.8 Å². The number of nitrogens with one attached hydrogen (secondary N) is 2. The molecular weight excluding hydrogens is 398 g/mol. The van der Waals surface area contributed by atoms with Gasteiger partial charge in [-0.25, -0.2) is 0 Å². The number of benzene rings is 3. The molecule has 3 N–H and O–H groups in total. The number of carbonyl (C=O) groups is 1. The van der Waals surface area contributed by atoms with Crippen LogP contribution < -0.4 is 5.32 Å². The van der Waals surface area contributed by atoms with Crippen molar-refractivity contribution < 1.29 is 9.90 Å². The summed E-state index contributed by atoms with van der Waals surface area (Å²) >= 11 is 0. The maximum Gasteiger partial charge on any atom is 0.321 e. The molecule has 2 heterocycles. The Labute approximate surface area is 186 Å². The molecule has 32 heavy (non-hydrogen) atoms. The molecule has 0 aliphatic heterocycles. The van der Waals surface area contributed by atoms with Crippen molar-refractivity contribution in [2.75, 3.05) is 0 Å². The molecular formula is C27H25N3O2. The number of para-hydroxylation sites is 2. The second-order valence-corrected chi connectivity index (χ2v) is 8.12. The van der Waals surface area contributed by atoms with Crippen LogP contribution >= 0.6 is 0 Å². The van der Waals surface area contributed by atoms with Crippen LogP contribution in [-0.2, 0) is 24.3 Å². The number of hydrogen-bond acceptors (Lipinski definition) is 2. The predicted octanol–water partition coefficient (Wildman–Crippen LogP) is 4.96. The topological polar surface area (TPSA) is 70.0 Å². The number of aromatic amines is 1. The molecule has 5 heteroatoms. The van der Waals surface area contributed by atoms with Gasteiger partial charge in [-0.1, -0.05) is 66.7 Å². The quantitative estimate of drug-likeness (QED) is 0.330. The number of carboxylic acid groups (broad SMARTS) is 1. The standard InChI is InChI=1S/C27H25N3O2/c31-27(32)25(14-20-15-28-24-12-6-4-10-22(20)24)29-16-21-18-30(17-19-8-2-1-3-9-19)26-13-7-5-11-23(21)26/h1-13,15,18,25,28-29H,14,16-17H2,(H,31,32)/t25-/m0/s1. The maximum absolute atomic E-state index is 12.0. The molecule has 0 bridgehead atoms. The van der Waals surface area contributed by atoms with Gasteiger partial charge in [0.05, 0.1) is 0 Å². The van der Waals surface area contributed by atoms with Crippen molar-refractivity contribution in [1.29, 1.82) is 0 Å². The smallest absolute Gasteiger partial charge is 0.321 e. The van der Waals surface area contributed by atoms with E-state index in [1.165, 1.54) is 5.56 Å². The number of H-pyrrole nitrogens is 1. The van der Waals surface area contributed by atoms with E-state index in [1.807, 2.05) is 60.8 Å². The average Bonchev–Trinajstić information content (AvgIpc) is 3.39. The van der Waals surface area contributed by atoms with Gasteiger partial charge in [-0.15, -0.1) is 0 Å². The fourth-order valence-electron chi connectivity index (χ4n) is 4.37. The summed E-state index contributed by atoms with van der Waals surface area (Å²) in [5.74, 6) is -0.844. The van der Waals surface area contributed by atoms with Gasteiger partial charge in [0.1, 0.15) is 6.04 Å². The molecule has 2 aromatic heterocycles. The monoisotopic (exact) mass is 423 g/mol. The Hall–Kier alpha value is -3.83. The highest BCUT2D eigenvalue weighted by molar-refractivity contribution is 5.85. The van der Waals surface area contributed by atoms with Crippen LogP contribution in [0.3, 0.4) is 0 Å². The van der Waals surface area contributed by atoms with Crippen molar-refractivity contribution in [1.82, 2.24) is 14.9 Å². The summed E-state index contributed by atoms with van der Waals surface area (Å²) in [6, 6.07) is 25.9. The first kappa shape index (κ1) is 20.1. The van der Waals surface area contributed by atoms with E-state index in [1.54, 1.807) is 0 Å². The van der Waals surface area contributed by atoms with Gasteiger partial charge in [0.15, 0.2) is 0 Å². The average molecular weight is 424 g/mol. The second kappa shape index (κ2) is 8.73. The van der Waals surface area contributed by atoms with Crippen LogP contribution in [0.4, 0.5) is 0 Å². The zero-order valence-electron chi connectivity index (χ0n) is 17.7. The van der Waals surface area contributed by atoms with E-state index in [-0.39, 0.29) is 0 Å². The van der Waals surface area contributed by atoms with Gasteiger partial charge in [-0.05, 0) is 28.8 Å². The highest BCUT2D eigenvalue weighted by Gasteiger charge is 2.20. The summed E-state index contributed by atoms with van der Waals surface area (Å²) in [7, 11) is 0. The minimum absolute atomic E-state index is 0.419. The highest BCUT2D eigenvalue weighted by Crippen LogP contribution is 2.23. The largest absolute Gasteiger partial charge is 0.480 e. The first-order valence-electron chi connectivity index (χ1n) is 10.8. The number of rotatable bonds is 8. The normalized spacial score (nSPS) is 12.4. The molecule has 3 aromatic carbocycles. The van der Waals surface area contributed by atoms with Gasteiger partial charge in [0.25, 0.3) is 0 Å². The lowest BCUT2D eigenvalue weighted by Gasteiger charge is -2.14. The van der Waals surface area contributed by atoms with Crippen LogP contribution in [0.15, 0.2) is 91.3 Å². The van der Waals surface area contributed by atoms with E-state index in [0.29, 0.717) is 13.0 Å². The molecule has 0 saturated carbocycles. The van der Waals surface area contributed by atoms with Crippen molar-refractivity contribution in [2.24, 2.45) is 0 Å². The van der Waals surface area contributed by atoms with Gasteiger partial charge in [-0.3, -0.25) is 10.1 Å². The van der Waals surface area contributed by atoms with Crippen molar-refractivity contribution in [3.8, 4) is 0 Å². The summed E-state index contributed by atoms with van der Waals surface area (Å²) in [5, 5.41) is 15.4. The second-order valence-electron chi connectivity index (χ2n) is 8.12. The third-order valence-corrected chi connectivity index (χ3v) is 6.00. The molecule has 5 nitrogen and oxygen atoms in total. The number of hydrogen-bond donors (Lipinski definition) is 3. The van der Waals surface area contributed by atoms with E-state index >= 15 is 0 Å². The molecule has 0 aliphatic rings. The Morgan fingerprint density at radius 2 is 1.62 bits per heavy atom. The van der Waals surface area contributed by atoms with Gasteiger partial charge in [0.2, 0.25) is 0 Å². The van der Waals surface area contributed by atoms with E-state index < -0.39 is 12.0 Å². The lowest BCUT2D eigenvalue weighted by atomic mass is 10.0. The number of aliphatic carboxylic acids is 1. The van der Waals surface area contributed by atoms with Crippen LogP contribution in [0.5, 0.6) is 0 Å². The van der Waals surface area contributed by atoms with Gasteiger partial charge < -0.3 is 14.7 Å². The fourth-order valence-corrected chi connectivity index (χ4v) is 4.37. The van der Waals surface area contributed by atoms with Gasteiger partial charge in [0, 0.05) is 53.7 Å². The SMILES string of the molecule is O=C(O)[C@H](Cc1c[nH]c2ccccc12)NCc1cn(Cc2ccccc2)c2ccccc12. The molecule has 0 amide bonds. The molecule has 0 saturated heterocycles. The lowest BCUT2D eigenvalue weighted by molar-refractivity contribution is -0.139. The zero-order chi connectivity index (χ0) is 21.9. The number of fused-ring (bicyclic) bond motifs is 2. The molecule has 0 spiro atoms. The molecule has 0 radical (unpaired) electrons. The Bertz CT molecular complexity index is 1370. The van der Waals surface area contributed by atoms with Crippen molar-refractivity contribution >= 4 is 27.8 Å². The van der Waals surface area contributed by atoms with E-state index in [2.05, 4.69) is 45.3 Å². The maximum atomic E-state index is 12.0. The third kappa shape index (κ3) is 4.03. The van der Waals surface area contributed by atoms with Crippen LogP contribution in [0.1, 0.15) is 16.7 Å². The Morgan fingerprint density at radius 3 is 2.44 bits per heavy atom. The first-order chi connectivity index (χ1) is 15.7.